The number of piperidine rings is 1. The van der Waals surface area contributed by atoms with Crippen LogP contribution in [0.5, 0.6) is 0 Å². The molecule has 3 aliphatic rings. The minimum Gasteiger partial charge on any atom is -0.394 e. The predicted molar refractivity (Wildman–Crippen MR) is 149 cm³/mol. The van der Waals surface area contributed by atoms with Gasteiger partial charge in [0.2, 0.25) is 11.9 Å². The van der Waals surface area contributed by atoms with E-state index in [2.05, 4.69) is 32.8 Å². The molecule has 0 spiro atoms. The van der Waals surface area contributed by atoms with Crippen molar-refractivity contribution in [3.8, 4) is 11.3 Å². The largest absolute Gasteiger partial charge is 0.394 e. The van der Waals surface area contributed by atoms with Gasteiger partial charge in [-0.3, -0.25) is 9.59 Å². The van der Waals surface area contributed by atoms with Crippen LogP contribution in [0.25, 0.3) is 11.3 Å². The number of ether oxygens (including phenoxy) is 1. The van der Waals surface area contributed by atoms with Crippen LogP contribution in [-0.4, -0.2) is 82.3 Å². The highest BCUT2D eigenvalue weighted by Crippen LogP contribution is 2.31. The number of halogens is 1. The van der Waals surface area contributed by atoms with E-state index in [1.807, 2.05) is 12.1 Å². The fourth-order valence-electron chi connectivity index (χ4n) is 5.69. The van der Waals surface area contributed by atoms with Crippen LogP contribution in [0.2, 0.25) is 5.02 Å². The number of aliphatic hydroxyl groups excluding tert-OH is 1. The standard InChI is InChI=1S/C28H37ClN6O4/c1-2-19-4-3-5-23(31-19)24(16-36)33-25(37)15-35-14-18-7-6-17(12-21(18)27(35)38)26-22(29)13-30-28(34-26)32-20-8-10-39-11-9-20/h6-7,12-13,19-20,23-24,31,36H,2-5,8-11,14-16H2,1H3,(H,33,37)(H,30,32,34)/t19?,23?,24-/m1/s1. The smallest absolute Gasteiger partial charge is 0.254 e. The lowest BCUT2D eigenvalue weighted by Crippen LogP contribution is -2.57. The van der Waals surface area contributed by atoms with E-state index >= 15 is 0 Å². The molecule has 4 N–H and O–H groups in total. The summed E-state index contributed by atoms with van der Waals surface area (Å²) >= 11 is 6.46. The van der Waals surface area contributed by atoms with Crippen molar-refractivity contribution in [1.29, 1.82) is 0 Å². The van der Waals surface area contributed by atoms with Crippen molar-refractivity contribution in [1.82, 2.24) is 25.5 Å². The maximum Gasteiger partial charge on any atom is 0.254 e. The number of carbonyl (C=O) groups is 2. The van der Waals surface area contributed by atoms with Crippen LogP contribution in [-0.2, 0) is 16.1 Å². The van der Waals surface area contributed by atoms with Gasteiger partial charge in [0.25, 0.3) is 5.91 Å². The topological polar surface area (TPSA) is 129 Å². The number of amides is 2. The van der Waals surface area contributed by atoms with Crippen molar-refractivity contribution >= 4 is 29.4 Å². The fraction of sp³-hybridized carbons (Fsp3) is 0.571. The first kappa shape index (κ1) is 27.8. The number of anilines is 1. The summed E-state index contributed by atoms with van der Waals surface area (Å²) in [5.74, 6) is -0.00350. The molecule has 3 aliphatic heterocycles. The van der Waals surface area contributed by atoms with Crippen molar-refractivity contribution in [2.45, 2.75) is 76.2 Å². The van der Waals surface area contributed by atoms with Gasteiger partial charge in [0.15, 0.2) is 0 Å². The van der Waals surface area contributed by atoms with E-state index < -0.39 is 0 Å². The number of hydrogen-bond acceptors (Lipinski definition) is 8. The van der Waals surface area contributed by atoms with Crippen molar-refractivity contribution < 1.29 is 19.4 Å². The first-order valence-corrected chi connectivity index (χ1v) is 14.3. The third-order valence-electron chi connectivity index (χ3n) is 7.93. The molecule has 1 aromatic heterocycles. The van der Waals surface area contributed by atoms with Crippen LogP contribution < -0.4 is 16.0 Å². The number of aliphatic hydroxyl groups is 1. The van der Waals surface area contributed by atoms with E-state index in [1.165, 1.54) is 4.90 Å². The zero-order valence-electron chi connectivity index (χ0n) is 22.3. The van der Waals surface area contributed by atoms with Gasteiger partial charge in [-0.1, -0.05) is 37.1 Å². The molecule has 5 rings (SSSR count). The average molecular weight is 557 g/mol. The molecule has 1 aromatic carbocycles. The molecule has 2 amide bonds. The van der Waals surface area contributed by atoms with Gasteiger partial charge in [-0.25, -0.2) is 9.97 Å². The van der Waals surface area contributed by atoms with Crippen LogP contribution in [0, 0.1) is 0 Å². The zero-order valence-corrected chi connectivity index (χ0v) is 23.0. The van der Waals surface area contributed by atoms with Crippen LogP contribution in [0.15, 0.2) is 24.4 Å². The monoisotopic (exact) mass is 556 g/mol. The molecule has 2 fully saturated rings. The van der Waals surface area contributed by atoms with Crippen molar-refractivity contribution in [3.05, 3.63) is 40.5 Å². The summed E-state index contributed by atoms with van der Waals surface area (Å²) in [5, 5.41) is 20.2. The molecule has 0 radical (unpaired) electrons. The lowest BCUT2D eigenvalue weighted by Gasteiger charge is -2.35. The molecular formula is C28H37ClN6O4. The van der Waals surface area contributed by atoms with Gasteiger partial charge in [-0.05, 0) is 43.7 Å². The molecule has 2 saturated heterocycles. The lowest BCUT2D eigenvalue weighted by atomic mass is 9.92. The SMILES string of the molecule is CCC1CCCC([C@@H](CO)NC(=O)CN2Cc3ccc(-c4nc(NC5CCOCC5)ncc4Cl)cc3C2=O)N1. The second-order valence-corrected chi connectivity index (χ2v) is 11.0. The van der Waals surface area contributed by atoms with Gasteiger partial charge in [0.05, 0.1) is 29.6 Å². The number of fused-ring (bicyclic) bond motifs is 1. The Morgan fingerprint density at radius 1 is 1.28 bits per heavy atom. The molecule has 210 valence electrons. The minimum atomic E-state index is -0.387. The van der Waals surface area contributed by atoms with Gasteiger partial charge in [0.1, 0.15) is 6.54 Å². The first-order chi connectivity index (χ1) is 18.9. The minimum absolute atomic E-state index is 0.0233. The van der Waals surface area contributed by atoms with Gasteiger partial charge < -0.3 is 30.7 Å². The highest BCUT2D eigenvalue weighted by Gasteiger charge is 2.32. The van der Waals surface area contributed by atoms with Crippen LogP contribution >= 0.6 is 11.6 Å². The first-order valence-electron chi connectivity index (χ1n) is 13.9. The summed E-state index contributed by atoms with van der Waals surface area (Å²) in [6.07, 6.45) is 7.42. The molecular weight excluding hydrogens is 520 g/mol. The number of hydrogen-bond donors (Lipinski definition) is 4. The summed E-state index contributed by atoms with van der Waals surface area (Å²) in [7, 11) is 0. The Bertz CT molecular complexity index is 1190. The Balaban J connectivity index is 1.24. The summed E-state index contributed by atoms with van der Waals surface area (Å²) in [6, 6.07) is 5.84. The highest BCUT2D eigenvalue weighted by molar-refractivity contribution is 6.33. The van der Waals surface area contributed by atoms with E-state index in [0.717, 1.165) is 44.1 Å². The predicted octanol–water partition coefficient (Wildman–Crippen LogP) is 2.74. The number of benzene rings is 1. The van der Waals surface area contributed by atoms with E-state index in [1.54, 1.807) is 12.3 Å². The second kappa shape index (κ2) is 12.6. The maximum atomic E-state index is 13.3. The van der Waals surface area contributed by atoms with E-state index in [0.29, 0.717) is 53.6 Å². The van der Waals surface area contributed by atoms with E-state index in [9.17, 15) is 14.7 Å². The number of nitrogens with zero attached hydrogens (tertiary/aromatic N) is 3. The Kier molecular flexibility index (Phi) is 8.96. The number of aromatic nitrogens is 2. The van der Waals surface area contributed by atoms with Crippen molar-refractivity contribution in [3.63, 3.8) is 0 Å². The average Bonchev–Trinajstić information content (AvgIpc) is 3.27. The normalized spacial score (nSPS) is 22.4. The van der Waals surface area contributed by atoms with Gasteiger partial charge in [0, 0.05) is 49.0 Å². The molecule has 0 bridgehead atoms. The zero-order chi connectivity index (χ0) is 27.4. The summed E-state index contributed by atoms with van der Waals surface area (Å²) in [5.41, 5.74) is 2.64. The summed E-state index contributed by atoms with van der Waals surface area (Å²) < 4.78 is 5.42. The van der Waals surface area contributed by atoms with E-state index in [-0.39, 0.29) is 43.1 Å². The van der Waals surface area contributed by atoms with Gasteiger partial charge >= 0.3 is 0 Å². The molecule has 11 heteroatoms. The van der Waals surface area contributed by atoms with Crippen LogP contribution in [0.1, 0.15) is 61.4 Å². The number of rotatable bonds is 9. The molecule has 4 heterocycles. The molecule has 0 aliphatic carbocycles. The van der Waals surface area contributed by atoms with Gasteiger partial charge in [-0.15, -0.1) is 0 Å². The highest BCUT2D eigenvalue weighted by atomic mass is 35.5. The van der Waals surface area contributed by atoms with Gasteiger partial charge in [-0.2, -0.15) is 0 Å². The Labute approximate surface area is 233 Å². The lowest BCUT2D eigenvalue weighted by molar-refractivity contribution is -0.123. The molecule has 2 unspecified atom stereocenters. The maximum absolute atomic E-state index is 13.3. The third-order valence-corrected chi connectivity index (χ3v) is 8.21. The Hall–Kier alpha value is -2.79. The second-order valence-electron chi connectivity index (χ2n) is 10.6. The molecule has 10 nitrogen and oxygen atoms in total. The van der Waals surface area contributed by atoms with Crippen molar-refractivity contribution in [2.75, 3.05) is 31.7 Å². The van der Waals surface area contributed by atoms with Crippen molar-refractivity contribution in [2.24, 2.45) is 0 Å². The Morgan fingerprint density at radius 3 is 2.87 bits per heavy atom. The fourth-order valence-corrected chi connectivity index (χ4v) is 5.89. The number of carbonyl (C=O) groups excluding carboxylic acids is 2. The van der Waals surface area contributed by atoms with Crippen LogP contribution in [0.3, 0.4) is 0 Å². The quantitative estimate of drug-likeness (QED) is 0.371. The molecule has 39 heavy (non-hydrogen) atoms. The third kappa shape index (κ3) is 6.51. The summed E-state index contributed by atoms with van der Waals surface area (Å²) in [4.78, 5) is 36.7. The Morgan fingerprint density at radius 2 is 2.10 bits per heavy atom. The molecule has 2 aromatic rings. The molecule has 0 saturated carbocycles. The van der Waals surface area contributed by atoms with E-state index in [4.69, 9.17) is 16.3 Å². The molecule has 3 atom stereocenters. The summed E-state index contributed by atoms with van der Waals surface area (Å²) in [6.45, 7) is 3.67. The number of nitrogens with one attached hydrogen (secondary N) is 3. The van der Waals surface area contributed by atoms with Crippen LogP contribution in [0.4, 0.5) is 5.95 Å².